The highest BCUT2D eigenvalue weighted by Crippen LogP contribution is 2.43. The lowest BCUT2D eigenvalue weighted by molar-refractivity contribution is -0.123. The molecule has 1 fully saturated rings. The van der Waals surface area contributed by atoms with E-state index < -0.39 is 95.2 Å². The van der Waals surface area contributed by atoms with E-state index >= 15 is 0 Å². The van der Waals surface area contributed by atoms with E-state index in [1.165, 1.54) is 0 Å². The van der Waals surface area contributed by atoms with Gasteiger partial charge < -0.3 is 15.4 Å². The maximum atomic E-state index is 13.8. The summed E-state index contributed by atoms with van der Waals surface area (Å²) in [5.41, 5.74) is 3.97. The van der Waals surface area contributed by atoms with Crippen molar-refractivity contribution >= 4 is 5.91 Å². The molecule has 164 valence electrons. The largest absolute Gasteiger partial charge is 0.493 e. The van der Waals surface area contributed by atoms with E-state index in [1.807, 2.05) is 11.0 Å². The first-order valence-electron chi connectivity index (χ1n) is 16.5. The topological polar surface area (TPSA) is 55.6 Å². The Morgan fingerprint density at radius 3 is 2.47 bits per heavy atom. The number of likely N-dealkylation sites (tertiary alicyclic amines) is 1. The lowest BCUT2D eigenvalue weighted by Gasteiger charge is -2.37. The van der Waals surface area contributed by atoms with E-state index in [-0.39, 0.29) is 19.6 Å². The van der Waals surface area contributed by atoms with Gasteiger partial charge in [0.05, 0.1) is 20.3 Å². The second kappa shape index (κ2) is 8.79. The van der Waals surface area contributed by atoms with Gasteiger partial charge in [0, 0.05) is 22.2 Å². The van der Waals surface area contributed by atoms with Crippen LogP contribution in [0.3, 0.4) is 0 Å². The van der Waals surface area contributed by atoms with Gasteiger partial charge in [0.15, 0.2) is 0 Å². The van der Waals surface area contributed by atoms with Crippen molar-refractivity contribution in [2.45, 2.75) is 24.6 Å². The van der Waals surface area contributed by atoms with Gasteiger partial charge in [-0.05, 0) is 53.6 Å². The highest BCUT2D eigenvalue weighted by molar-refractivity contribution is 5.91. The number of carbonyl (C=O) groups excluding carboxylic acids is 1. The number of fused-ring (bicyclic) bond motifs is 1. The van der Waals surface area contributed by atoms with E-state index in [0.29, 0.717) is 30.8 Å². The van der Waals surface area contributed by atoms with E-state index in [4.69, 9.17) is 26.9 Å². The fourth-order valence-corrected chi connectivity index (χ4v) is 4.74. The first-order valence-corrected chi connectivity index (χ1v) is 10.5. The maximum absolute atomic E-state index is 13.8. The molecule has 0 spiro atoms. The molecular weight excluding hydrogens is 396 g/mol. The Balaban J connectivity index is 1.62. The van der Waals surface area contributed by atoms with Crippen molar-refractivity contribution in [2.75, 3.05) is 26.2 Å². The monoisotopic (exact) mass is 438 g/mol. The van der Waals surface area contributed by atoms with Crippen molar-refractivity contribution in [1.29, 1.82) is 0 Å². The smallest absolute Gasteiger partial charge is 0.232 e. The SMILES string of the molecule is [2H]c1c([2H])c([2H])c(C(C(N)=O)(c2c([2H])c([2H])c([2H])c([2H])c2[2H])[C@@H]2CCN(CCc3ccc4c(c3)C([2H])([2H])CO4)C2)c([2H])c1[2H]. The minimum absolute atomic E-state index is 0.0662. The molecule has 0 radical (unpaired) electrons. The molecule has 1 atom stereocenters. The van der Waals surface area contributed by atoms with E-state index in [2.05, 4.69) is 0 Å². The quantitative estimate of drug-likeness (QED) is 0.608. The Morgan fingerprint density at radius 1 is 1.12 bits per heavy atom. The molecule has 1 saturated heterocycles. The van der Waals surface area contributed by atoms with Gasteiger partial charge in [-0.3, -0.25) is 4.79 Å². The number of rotatable bonds is 7. The zero-order chi connectivity index (χ0) is 32.5. The number of carbonyl (C=O) groups is 1. The molecule has 2 heterocycles. The number of amides is 1. The summed E-state index contributed by atoms with van der Waals surface area (Å²) >= 11 is 0. The van der Waals surface area contributed by atoms with Crippen LogP contribution in [0.15, 0.2) is 78.6 Å². The normalized spacial score (nSPS) is 25.2. The van der Waals surface area contributed by atoms with Gasteiger partial charge in [0.2, 0.25) is 5.91 Å². The molecule has 2 N–H and O–H groups in total. The van der Waals surface area contributed by atoms with Crippen LogP contribution in [0.4, 0.5) is 0 Å². The summed E-state index contributed by atoms with van der Waals surface area (Å²) in [6.45, 7) is 0.854. The molecular formula is C28H30N2O2. The molecule has 5 rings (SSSR count). The average molecular weight is 439 g/mol. The Hall–Kier alpha value is -3.11. The predicted molar refractivity (Wildman–Crippen MR) is 127 cm³/mol. The zero-order valence-electron chi connectivity index (χ0n) is 29.4. The fraction of sp³-hybridized carbons (Fsp3) is 0.321. The molecule has 0 saturated carbocycles. The number of nitrogens with zero attached hydrogens (tertiary/aromatic N) is 1. The number of hydrogen-bond acceptors (Lipinski definition) is 3. The highest BCUT2D eigenvalue weighted by atomic mass is 16.5. The minimum atomic E-state index is -2.36. The average Bonchev–Trinajstić information content (AvgIpc) is 3.58. The number of primary amides is 1. The number of benzene rings is 3. The minimum Gasteiger partial charge on any atom is -0.493 e. The zero-order valence-corrected chi connectivity index (χ0v) is 17.4. The van der Waals surface area contributed by atoms with Crippen molar-refractivity contribution in [3.8, 4) is 5.75 Å². The van der Waals surface area contributed by atoms with E-state index in [0.717, 1.165) is 5.56 Å². The molecule has 3 aromatic rings. The van der Waals surface area contributed by atoms with Crippen LogP contribution in [0.1, 0.15) is 45.1 Å². The Labute approximate surface area is 206 Å². The molecule has 32 heavy (non-hydrogen) atoms. The van der Waals surface area contributed by atoms with E-state index in [1.54, 1.807) is 12.1 Å². The summed E-state index contributed by atoms with van der Waals surface area (Å²) < 4.78 is 106. The maximum Gasteiger partial charge on any atom is 0.232 e. The summed E-state index contributed by atoms with van der Waals surface area (Å²) in [5.74, 6) is -1.62. The van der Waals surface area contributed by atoms with Gasteiger partial charge in [-0.15, -0.1) is 0 Å². The fourth-order valence-electron chi connectivity index (χ4n) is 4.74. The van der Waals surface area contributed by atoms with E-state index in [9.17, 15) is 4.79 Å². The van der Waals surface area contributed by atoms with Crippen molar-refractivity contribution in [2.24, 2.45) is 11.7 Å². The van der Waals surface area contributed by atoms with Crippen LogP contribution in [0.25, 0.3) is 0 Å². The lowest BCUT2D eigenvalue weighted by atomic mass is 9.64. The first kappa shape index (κ1) is 11.2. The molecule has 4 heteroatoms. The second-order valence-corrected chi connectivity index (χ2v) is 8.00. The molecule has 0 unspecified atom stereocenters. The number of ether oxygens (including phenoxy) is 1. The van der Waals surface area contributed by atoms with Crippen LogP contribution in [0, 0.1) is 5.92 Å². The van der Waals surface area contributed by atoms with Gasteiger partial charge in [0.1, 0.15) is 11.2 Å². The van der Waals surface area contributed by atoms with Crippen LogP contribution < -0.4 is 10.5 Å². The highest BCUT2D eigenvalue weighted by Gasteiger charge is 2.49. The molecule has 2 aliphatic rings. The van der Waals surface area contributed by atoms with Gasteiger partial charge in [-0.1, -0.05) is 72.6 Å². The summed E-state index contributed by atoms with van der Waals surface area (Å²) in [7, 11) is 0. The third kappa shape index (κ3) is 3.69. The third-order valence-electron chi connectivity index (χ3n) is 6.31. The Morgan fingerprint density at radius 2 is 1.81 bits per heavy atom. The Bertz CT molecular complexity index is 1570. The van der Waals surface area contributed by atoms with Gasteiger partial charge in [-0.25, -0.2) is 0 Å². The molecule has 1 amide bonds. The van der Waals surface area contributed by atoms with Gasteiger partial charge >= 0.3 is 0 Å². The molecule has 3 aromatic carbocycles. The molecule has 4 nitrogen and oxygen atoms in total. The summed E-state index contributed by atoms with van der Waals surface area (Å²) in [5, 5.41) is 0. The number of nitrogens with two attached hydrogens (primary N) is 1. The van der Waals surface area contributed by atoms with Crippen molar-refractivity contribution < 1.29 is 26.0 Å². The van der Waals surface area contributed by atoms with Crippen LogP contribution in [0.2, 0.25) is 0 Å². The summed E-state index contributed by atoms with van der Waals surface area (Å²) in [4.78, 5) is 15.7. The summed E-state index contributed by atoms with van der Waals surface area (Å²) in [6, 6.07) is -2.04. The van der Waals surface area contributed by atoms with Crippen LogP contribution in [0.5, 0.6) is 5.75 Å². The standard InChI is InChI=1S/C28H30N2O2/c29-27(31)28(23-7-3-1-4-8-23,24-9-5-2-6-10-24)25-14-17-30(20-25)16-13-21-11-12-26-22(19-21)15-18-32-26/h1-12,19,25H,13-18,20H2,(H2,29,31)/t25-/m1/s1/i1D,2D,3D,4D,5D,6D,7D,8D,9D,10D,15D2. The third-order valence-corrected chi connectivity index (χ3v) is 6.31. The van der Waals surface area contributed by atoms with Crippen LogP contribution in [-0.4, -0.2) is 37.0 Å². The van der Waals surface area contributed by atoms with Crippen LogP contribution >= 0.6 is 0 Å². The molecule has 0 aromatic heterocycles. The van der Waals surface area contributed by atoms with Crippen LogP contribution in [-0.2, 0) is 23.0 Å². The predicted octanol–water partition coefficient (Wildman–Crippen LogP) is 3.96. The van der Waals surface area contributed by atoms with Gasteiger partial charge in [0.25, 0.3) is 0 Å². The first-order chi connectivity index (χ1) is 20.5. The molecule has 0 bridgehead atoms. The summed E-state index contributed by atoms with van der Waals surface area (Å²) in [6.07, 6.45) is -0.921. The molecule has 2 aliphatic heterocycles. The lowest BCUT2D eigenvalue weighted by Crippen LogP contribution is -2.49. The van der Waals surface area contributed by atoms with Crippen molar-refractivity contribution in [3.05, 3.63) is 101 Å². The second-order valence-electron chi connectivity index (χ2n) is 8.00. The number of hydrogen-bond donors (Lipinski definition) is 1. The molecule has 0 aliphatic carbocycles. The van der Waals surface area contributed by atoms with Gasteiger partial charge in [-0.2, -0.15) is 0 Å². The van der Waals surface area contributed by atoms with Crippen molar-refractivity contribution in [3.63, 3.8) is 0 Å². The Kier molecular flexibility index (Phi) is 3.06. The van der Waals surface area contributed by atoms with Crippen molar-refractivity contribution in [1.82, 2.24) is 4.90 Å².